The summed E-state index contributed by atoms with van der Waals surface area (Å²) in [5.74, 6) is 0. The van der Waals surface area contributed by atoms with Crippen molar-refractivity contribution in [3.8, 4) is 0 Å². The largest absolute Gasteiger partial charge is 0.383 e. The van der Waals surface area contributed by atoms with Crippen molar-refractivity contribution in [3.63, 3.8) is 0 Å². The third-order valence-corrected chi connectivity index (χ3v) is 3.51. The highest BCUT2D eigenvalue weighted by Crippen LogP contribution is 2.30. The molecule has 0 aliphatic heterocycles. The molecule has 0 unspecified atom stereocenters. The number of hydrogen-bond donors (Lipinski definition) is 3. The number of fused-ring (bicyclic) bond motifs is 2. The minimum absolute atomic E-state index is 0.668. The molecule has 3 aromatic rings. The smallest absolute Gasteiger partial charge is 0.0730 e. The lowest BCUT2D eigenvalue weighted by atomic mass is 10.1. The number of nitrogens with two attached hydrogens (primary N) is 1. The van der Waals surface area contributed by atoms with E-state index < -0.39 is 0 Å². The molecule has 1 heterocycles. The topological polar surface area (TPSA) is 63.0 Å². The minimum Gasteiger partial charge on any atom is -0.383 e. The predicted molar refractivity (Wildman–Crippen MR) is 89.7 cm³/mol. The molecule has 108 valence electrons. The Morgan fingerprint density at radius 3 is 2.05 bits per heavy atom. The first-order valence-corrected chi connectivity index (χ1v) is 7.32. The molecule has 21 heavy (non-hydrogen) atoms. The molecule has 0 aliphatic carbocycles. The van der Waals surface area contributed by atoms with E-state index in [1.807, 2.05) is 12.1 Å². The molecule has 0 saturated carbocycles. The number of rotatable bonds is 6. The van der Waals surface area contributed by atoms with Crippen LogP contribution in [0.1, 0.15) is 0 Å². The molecule has 0 amide bonds. The molecule has 0 bridgehead atoms. The second-order valence-corrected chi connectivity index (χ2v) is 4.99. The van der Waals surface area contributed by atoms with Gasteiger partial charge in [-0.25, -0.2) is 4.98 Å². The van der Waals surface area contributed by atoms with Gasteiger partial charge in [0.1, 0.15) is 0 Å². The first kappa shape index (κ1) is 13.8. The molecule has 4 N–H and O–H groups in total. The maximum Gasteiger partial charge on any atom is 0.0730 e. The summed E-state index contributed by atoms with van der Waals surface area (Å²) in [5.41, 5.74) is 8.68. The van der Waals surface area contributed by atoms with Crippen LogP contribution in [0.2, 0.25) is 0 Å². The Labute approximate surface area is 124 Å². The number of anilines is 1. The molecule has 4 nitrogen and oxygen atoms in total. The maximum atomic E-state index is 5.48. The Kier molecular flexibility index (Phi) is 4.28. The van der Waals surface area contributed by atoms with Crippen LogP contribution in [0.4, 0.5) is 5.69 Å². The lowest BCUT2D eigenvalue weighted by molar-refractivity contribution is 0.707. The summed E-state index contributed by atoms with van der Waals surface area (Å²) >= 11 is 0. The van der Waals surface area contributed by atoms with Crippen molar-refractivity contribution >= 4 is 27.5 Å². The zero-order valence-corrected chi connectivity index (χ0v) is 12.0. The summed E-state index contributed by atoms with van der Waals surface area (Å²) in [6, 6.07) is 16.5. The molecule has 0 fully saturated rings. The summed E-state index contributed by atoms with van der Waals surface area (Å²) in [5, 5.41) is 9.17. The van der Waals surface area contributed by atoms with Gasteiger partial charge in [0, 0.05) is 37.0 Å². The normalized spacial score (nSPS) is 11.1. The summed E-state index contributed by atoms with van der Waals surface area (Å²) < 4.78 is 0. The highest BCUT2D eigenvalue weighted by atomic mass is 15.0. The van der Waals surface area contributed by atoms with Gasteiger partial charge in [-0.15, -0.1) is 0 Å². The fourth-order valence-corrected chi connectivity index (χ4v) is 2.53. The van der Waals surface area contributed by atoms with Crippen LogP contribution in [-0.4, -0.2) is 31.2 Å². The number of hydrogen-bond acceptors (Lipinski definition) is 4. The first-order chi connectivity index (χ1) is 10.4. The number of nitrogens with zero attached hydrogens (tertiary/aromatic N) is 1. The van der Waals surface area contributed by atoms with E-state index in [0.29, 0.717) is 6.54 Å². The quantitative estimate of drug-likeness (QED) is 0.479. The third kappa shape index (κ3) is 2.96. The molecule has 0 aliphatic rings. The van der Waals surface area contributed by atoms with Gasteiger partial charge in [0.15, 0.2) is 0 Å². The van der Waals surface area contributed by atoms with E-state index >= 15 is 0 Å². The van der Waals surface area contributed by atoms with Gasteiger partial charge >= 0.3 is 0 Å². The van der Waals surface area contributed by atoms with Crippen LogP contribution in [0.3, 0.4) is 0 Å². The molecule has 0 atom stereocenters. The lowest BCUT2D eigenvalue weighted by Crippen LogP contribution is -2.27. The second-order valence-electron chi connectivity index (χ2n) is 4.99. The Morgan fingerprint density at radius 1 is 0.810 bits per heavy atom. The molecular weight excluding hydrogens is 260 g/mol. The molecule has 4 heteroatoms. The number of nitrogens with one attached hydrogen (secondary N) is 2. The fourth-order valence-electron chi connectivity index (χ4n) is 2.53. The fraction of sp³-hybridized carbons (Fsp3) is 0.235. The van der Waals surface area contributed by atoms with E-state index in [2.05, 4.69) is 47.0 Å². The molecule has 0 saturated heterocycles. The molecule has 3 rings (SSSR count). The number of pyridine rings is 1. The third-order valence-electron chi connectivity index (χ3n) is 3.51. The van der Waals surface area contributed by atoms with Crippen LogP contribution in [-0.2, 0) is 0 Å². The molecule has 0 spiro atoms. The van der Waals surface area contributed by atoms with Gasteiger partial charge in [0.25, 0.3) is 0 Å². The van der Waals surface area contributed by atoms with Gasteiger partial charge in [-0.1, -0.05) is 36.4 Å². The maximum absolute atomic E-state index is 5.48. The van der Waals surface area contributed by atoms with E-state index in [1.54, 1.807) is 0 Å². The molecule has 1 aromatic heterocycles. The van der Waals surface area contributed by atoms with Crippen LogP contribution in [0.5, 0.6) is 0 Å². The monoisotopic (exact) mass is 280 g/mol. The Balaban J connectivity index is 1.96. The van der Waals surface area contributed by atoms with Crippen molar-refractivity contribution in [1.82, 2.24) is 10.3 Å². The summed E-state index contributed by atoms with van der Waals surface area (Å²) in [6.45, 7) is 3.26. The lowest BCUT2D eigenvalue weighted by Gasteiger charge is -2.13. The average molecular weight is 280 g/mol. The minimum atomic E-state index is 0.668. The van der Waals surface area contributed by atoms with Gasteiger partial charge < -0.3 is 16.4 Å². The Bertz CT molecular complexity index is 685. The number of aromatic nitrogens is 1. The highest BCUT2D eigenvalue weighted by molar-refractivity contribution is 6.07. The van der Waals surface area contributed by atoms with Crippen molar-refractivity contribution in [3.05, 3.63) is 48.5 Å². The van der Waals surface area contributed by atoms with Crippen LogP contribution < -0.4 is 16.4 Å². The Hall–Kier alpha value is -2.17. The molecule has 2 aromatic carbocycles. The second kappa shape index (κ2) is 6.52. The van der Waals surface area contributed by atoms with Crippen molar-refractivity contribution in [2.45, 2.75) is 0 Å². The van der Waals surface area contributed by atoms with Gasteiger partial charge in [0.05, 0.1) is 16.7 Å². The van der Waals surface area contributed by atoms with E-state index in [1.165, 1.54) is 0 Å². The SMILES string of the molecule is NCCNCCNc1c2ccccc2nc2ccccc12. The summed E-state index contributed by atoms with van der Waals surface area (Å²) in [7, 11) is 0. The standard InChI is InChI=1S/C17H20N4/c18-9-10-19-11-12-20-17-13-5-1-3-7-15(13)21-16-8-4-2-6-14(16)17/h1-8,19H,9-12,18H2,(H,20,21). The number of para-hydroxylation sites is 2. The van der Waals surface area contributed by atoms with Gasteiger partial charge in [-0.05, 0) is 12.1 Å². The van der Waals surface area contributed by atoms with Crippen molar-refractivity contribution in [2.75, 3.05) is 31.5 Å². The van der Waals surface area contributed by atoms with Crippen LogP contribution in [0.15, 0.2) is 48.5 Å². The highest BCUT2D eigenvalue weighted by Gasteiger charge is 2.07. The van der Waals surface area contributed by atoms with Crippen LogP contribution in [0.25, 0.3) is 21.8 Å². The van der Waals surface area contributed by atoms with Crippen molar-refractivity contribution < 1.29 is 0 Å². The van der Waals surface area contributed by atoms with Gasteiger partial charge in [-0.2, -0.15) is 0 Å². The van der Waals surface area contributed by atoms with Gasteiger partial charge in [-0.3, -0.25) is 0 Å². The Morgan fingerprint density at radius 2 is 1.43 bits per heavy atom. The molecular formula is C17H20N4. The zero-order valence-electron chi connectivity index (χ0n) is 12.0. The summed E-state index contributed by atoms with van der Waals surface area (Å²) in [6.07, 6.45) is 0. The van der Waals surface area contributed by atoms with E-state index in [0.717, 1.165) is 47.1 Å². The predicted octanol–water partition coefficient (Wildman–Crippen LogP) is 2.35. The molecule has 0 radical (unpaired) electrons. The first-order valence-electron chi connectivity index (χ1n) is 7.32. The van der Waals surface area contributed by atoms with E-state index in [4.69, 9.17) is 10.7 Å². The van der Waals surface area contributed by atoms with Crippen molar-refractivity contribution in [1.29, 1.82) is 0 Å². The van der Waals surface area contributed by atoms with Crippen LogP contribution in [0, 0.1) is 0 Å². The van der Waals surface area contributed by atoms with Gasteiger partial charge in [0.2, 0.25) is 0 Å². The summed E-state index contributed by atoms with van der Waals surface area (Å²) in [4.78, 5) is 4.72. The van der Waals surface area contributed by atoms with Crippen LogP contribution >= 0.6 is 0 Å². The zero-order chi connectivity index (χ0) is 14.5. The van der Waals surface area contributed by atoms with E-state index in [9.17, 15) is 0 Å². The van der Waals surface area contributed by atoms with Crippen molar-refractivity contribution in [2.24, 2.45) is 5.73 Å². The average Bonchev–Trinajstić information content (AvgIpc) is 2.53. The van der Waals surface area contributed by atoms with E-state index in [-0.39, 0.29) is 0 Å². The number of benzene rings is 2.